The second-order valence-corrected chi connectivity index (χ2v) is 5.91. The Labute approximate surface area is 124 Å². The van der Waals surface area contributed by atoms with Crippen LogP contribution in [0.4, 0.5) is 0 Å². The molecule has 1 nitrogen and oxygen atoms in total. The van der Waals surface area contributed by atoms with Gasteiger partial charge in [-0.2, -0.15) is 0 Å². The number of ketones is 1. The number of hydrogen-bond donors (Lipinski definition) is 0. The van der Waals surface area contributed by atoms with Crippen molar-refractivity contribution in [2.75, 3.05) is 0 Å². The molecule has 2 heteroatoms. The molecule has 0 amide bonds. The van der Waals surface area contributed by atoms with E-state index in [0.717, 1.165) is 17.5 Å². The molecule has 0 saturated heterocycles. The molecule has 0 N–H and O–H groups in total. The molecule has 0 bridgehead atoms. The number of hydrogen-bond acceptors (Lipinski definition) is 1. The van der Waals surface area contributed by atoms with E-state index in [2.05, 4.69) is 18.2 Å². The van der Waals surface area contributed by atoms with Gasteiger partial charge in [0, 0.05) is 17.9 Å². The predicted molar refractivity (Wildman–Crippen MR) is 82.3 cm³/mol. The van der Waals surface area contributed by atoms with Gasteiger partial charge in [-0.15, -0.1) is 0 Å². The van der Waals surface area contributed by atoms with Gasteiger partial charge in [0.15, 0.2) is 0 Å². The quantitative estimate of drug-likeness (QED) is 0.823. The largest absolute Gasteiger partial charge is 0.299 e. The first-order valence-corrected chi connectivity index (χ1v) is 7.45. The second-order valence-electron chi connectivity index (χ2n) is 5.48. The number of carbonyl (C=O) groups excluding carboxylic acids is 1. The molecule has 0 spiro atoms. The van der Waals surface area contributed by atoms with Crippen LogP contribution in [0.15, 0.2) is 42.5 Å². The number of rotatable bonds is 4. The van der Waals surface area contributed by atoms with Gasteiger partial charge in [0.2, 0.25) is 0 Å². The number of carbonyl (C=O) groups is 1. The lowest BCUT2D eigenvalue weighted by molar-refractivity contribution is -0.117. The van der Waals surface area contributed by atoms with Crippen LogP contribution in [-0.2, 0) is 30.5 Å². The van der Waals surface area contributed by atoms with Crippen molar-refractivity contribution in [1.29, 1.82) is 0 Å². The Morgan fingerprint density at radius 2 is 1.55 bits per heavy atom. The molecular formula is C18H17ClO. The molecule has 1 aliphatic rings. The van der Waals surface area contributed by atoms with Crippen molar-refractivity contribution in [2.45, 2.75) is 32.1 Å². The van der Waals surface area contributed by atoms with Gasteiger partial charge < -0.3 is 0 Å². The number of Topliss-reactive ketones (excluding diaryl/α,β-unsaturated/α-hetero) is 1. The molecule has 102 valence electrons. The summed E-state index contributed by atoms with van der Waals surface area (Å²) in [4.78, 5) is 12.1. The highest BCUT2D eigenvalue weighted by Crippen LogP contribution is 2.23. The van der Waals surface area contributed by atoms with Crippen LogP contribution in [-0.4, -0.2) is 5.78 Å². The highest BCUT2D eigenvalue weighted by molar-refractivity contribution is 6.30. The molecule has 0 radical (unpaired) electrons. The molecule has 0 saturated carbocycles. The van der Waals surface area contributed by atoms with E-state index in [1.807, 2.05) is 24.3 Å². The highest BCUT2D eigenvalue weighted by Gasteiger charge is 2.12. The monoisotopic (exact) mass is 284 g/mol. The van der Waals surface area contributed by atoms with Crippen LogP contribution in [0.5, 0.6) is 0 Å². The second kappa shape index (κ2) is 5.80. The summed E-state index contributed by atoms with van der Waals surface area (Å²) < 4.78 is 0. The molecule has 0 aliphatic heterocycles. The minimum Gasteiger partial charge on any atom is -0.299 e. The first-order chi connectivity index (χ1) is 9.70. The SMILES string of the molecule is O=C(Cc1ccc(Cl)cc1)Cc1ccc2c(c1)CCC2. The van der Waals surface area contributed by atoms with Crippen molar-refractivity contribution in [3.63, 3.8) is 0 Å². The molecular weight excluding hydrogens is 268 g/mol. The van der Waals surface area contributed by atoms with Crippen molar-refractivity contribution in [1.82, 2.24) is 0 Å². The van der Waals surface area contributed by atoms with Crippen LogP contribution in [0.2, 0.25) is 5.02 Å². The lowest BCUT2D eigenvalue weighted by Crippen LogP contribution is -2.06. The molecule has 1 aliphatic carbocycles. The van der Waals surface area contributed by atoms with Crippen molar-refractivity contribution < 1.29 is 4.79 Å². The summed E-state index contributed by atoms with van der Waals surface area (Å²) in [5, 5.41) is 0.708. The maximum Gasteiger partial charge on any atom is 0.141 e. The Kier molecular flexibility index (Phi) is 3.88. The maximum absolute atomic E-state index is 12.1. The maximum atomic E-state index is 12.1. The predicted octanol–water partition coefficient (Wildman–Crippen LogP) is 4.18. The molecule has 0 fully saturated rings. The van der Waals surface area contributed by atoms with Gasteiger partial charge in [0.1, 0.15) is 5.78 Å². The number of fused-ring (bicyclic) bond motifs is 1. The van der Waals surface area contributed by atoms with E-state index in [-0.39, 0.29) is 5.78 Å². The number of aryl methyl sites for hydroxylation is 2. The van der Waals surface area contributed by atoms with E-state index in [1.165, 1.54) is 24.0 Å². The summed E-state index contributed by atoms with van der Waals surface area (Å²) in [5.41, 5.74) is 5.06. The average molecular weight is 285 g/mol. The van der Waals surface area contributed by atoms with Crippen LogP contribution in [0.25, 0.3) is 0 Å². The van der Waals surface area contributed by atoms with Gasteiger partial charge >= 0.3 is 0 Å². The van der Waals surface area contributed by atoms with Crippen LogP contribution in [0, 0.1) is 0 Å². The van der Waals surface area contributed by atoms with E-state index in [1.54, 1.807) is 0 Å². The lowest BCUT2D eigenvalue weighted by atomic mass is 10.00. The fourth-order valence-corrected chi connectivity index (χ4v) is 2.98. The first-order valence-electron chi connectivity index (χ1n) is 7.07. The van der Waals surface area contributed by atoms with E-state index in [4.69, 9.17) is 11.6 Å². The normalized spacial score (nSPS) is 13.2. The Bertz CT molecular complexity index is 628. The summed E-state index contributed by atoms with van der Waals surface area (Å²) in [5.74, 6) is 0.255. The standard InChI is InChI=1S/C18H17ClO/c19-17-8-5-13(6-9-17)11-18(20)12-14-4-7-15-2-1-3-16(15)10-14/h4-10H,1-3,11-12H2. The third-order valence-corrected chi connectivity index (χ3v) is 4.13. The zero-order chi connectivity index (χ0) is 13.9. The molecule has 0 atom stereocenters. The topological polar surface area (TPSA) is 17.1 Å². The summed E-state index contributed by atoms with van der Waals surface area (Å²) in [6.45, 7) is 0. The van der Waals surface area contributed by atoms with Crippen LogP contribution < -0.4 is 0 Å². The highest BCUT2D eigenvalue weighted by atomic mass is 35.5. The Hall–Kier alpha value is -1.60. The molecule has 20 heavy (non-hydrogen) atoms. The lowest BCUT2D eigenvalue weighted by Gasteiger charge is -2.05. The van der Waals surface area contributed by atoms with Crippen LogP contribution in [0.1, 0.15) is 28.7 Å². The smallest absolute Gasteiger partial charge is 0.141 e. The summed E-state index contributed by atoms with van der Waals surface area (Å²) in [6, 6.07) is 14.0. The summed E-state index contributed by atoms with van der Waals surface area (Å²) >= 11 is 5.85. The molecule has 2 aromatic rings. The van der Waals surface area contributed by atoms with Crippen LogP contribution in [0.3, 0.4) is 0 Å². The molecule has 3 rings (SSSR count). The van der Waals surface area contributed by atoms with Gasteiger partial charge in [-0.05, 0) is 53.6 Å². The van der Waals surface area contributed by atoms with Crippen molar-refractivity contribution in [2.24, 2.45) is 0 Å². The van der Waals surface area contributed by atoms with Gasteiger partial charge in [-0.25, -0.2) is 0 Å². The van der Waals surface area contributed by atoms with Crippen molar-refractivity contribution >= 4 is 17.4 Å². The number of halogens is 1. The third-order valence-electron chi connectivity index (χ3n) is 3.88. The van der Waals surface area contributed by atoms with Crippen LogP contribution >= 0.6 is 11.6 Å². The zero-order valence-corrected chi connectivity index (χ0v) is 12.1. The Morgan fingerprint density at radius 1 is 0.900 bits per heavy atom. The van der Waals surface area contributed by atoms with Crippen molar-refractivity contribution in [3.05, 3.63) is 69.7 Å². The van der Waals surface area contributed by atoms with Gasteiger partial charge in [-0.1, -0.05) is 41.9 Å². The average Bonchev–Trinajstić information content (AvgIpc) is 2.89. The zero-order valence-electron chi connectivity index (χ0n) is 11.4. The van der Waals surface area contributed by atoms with Gasteiger partial charge in [0.25, 0.3) is 0 Å². The van der Waals surface area contributed by atoms with Gasteiger partial charge in [-0.3, -0.25) is 4.79 Å². The van der Waals surface area contributed by atoms with Gasteiger partial charge in [0.05, 0.1) is 0 Å². The minimum absolute atomic E-state index is 0.255. The van der Waals surface area contributed by atoms with E-state index in [9.17, 15) is 4.79 Å². The summed E-state index contributed by atoms with van der Waals surface area (Å²) in [7, 11) is 0. The minimum atomic E-state index is 0.255. The Balaban J connectivity index is 1.65. The molecule has 0 heterocycles. The number of benzene rings is 2. The van der Waals surface area contributed by atoms with E-state index in [0.29, 0.717) is 17.9 Å². The summed E-state index contributed by atoms with van der Waals surface area (Å²) in [6.07, 6.45) is 4.60. The fourth-order valence-electron chi connectivity index (χ4n) is 2.86. The first kappa shape index (κ1) is 13.4. The fraction of sp³-hybridized carbons (Fsp3) is 0.278. The molecule has 0 aromatic heterocycles. The van der Waals surface area contributed by atoms with Crippen molar-refractivity contribution in [3.8, 4) is 0 Å². The van der Waals surface area contributed by atoms with E-state index >= 15 is 0 Å². The molecule has 2 aromatic carbocycles. The Morgan fingerprint density at radius 3 is 2.35 bits per heavy atom. The molecule has 0 unspecified atom stereocenters. The van der Waals surface area contributed by atoms with E-state index < -0.39 is 0 Å². The third kappa shape index (κ3) is 3.10.